The van der Waals surface area contributed by atoms with Crippen LogP contribution in [0.1, 0.15) is 48.5 Å². The second-order valence-electron chi connectivity index (χ2n) is 8.83. The summed E-state index contributed by atoms with van der Waals surface area (Å²) in [5, 5.41) is 3.73. The number of aryl methyl sites for hydroxylation is 1. The number of nitrogens with one attached hydrogen (secondary N) is 1. The van der Waals surface area contributed by atoms with Crippen LogP contribution in [0.4, 0.5) is 11.6 Å². The van der Waals surface area contributed by atoms with Gasteiger partial charge in [-0.3, -0.25) is 9.59 Å². The van der Waals surface area contributed by atoms with Crippen LogP contribution in [-0.4, -0.2) is 64.9 Å². The smallest absolute Gasteiger partial charge is 0.245 e. The molecule has 9 heteroatoms. The highest BCUT2D eigenvalue weighted by molar-refractivity contribution is 6.33. The van der Waals surface area contributed by atoms with Crippen LogP contribution in [0.15, 0.2) is 24.5 Å². The fourth-order valence-corrected chi connectivity index (χ4v) is 5.07. The van der Waals surface area contributed by atoms with Gasteiger partial charge in [0.1, 0.15) is 11.8 Å². The number of Topliss-reactive ketones (excluding diaryl/α,β-unsaturated/α-hetero) is 1. The monoisotopic (exact) mass is 469 g/mol. The maximum Gasteiger partial charge on any atom is 0.245 e. The van der Waals surface area contributed by atoms with Gasteiger partial charge in [0.15, 0.2) is 5.78 Å². The molecule has 3 aliphatic heterocycles. The van der Waals surface area contributed by atoms with Crippen molar-refractivity contribution in [1.82, 2.24) is 14.9 Å². The summed E-state index contributed by atoms with van der Waals surface area (Å²) in [6.07, 6.45) is 7.58. The summed E-state index contributed by atoms with van der Waals surface area (Å²) in [7, 11) is 0. The Morgan fingerprint density at radius 3 is 2.61 bits per heavy atom. The van der Waals surface area contributed by atoms with E-state index in [1.807, 2.05) is 17.3 Å². The van der Waals surface area contributed by atoms with E-state index in [9.17, 15) is 9.59 Å². The summed E-state index contributed by atoms with van der Waals surface area (Å²) in [5.74, 6) is 1.43. The van der Waals surface area contributed by atoms with Gasteiger partial charge in [0.2, 0.25) is 11.9 Å². The number of anilines is 2. The molecule has 1 unspecified atom stereocenters. The van der Waals surface area contributed by atoms with Gasteiger partial charge in [-0.25, -0.2) is 9.97 Å². The van der Waals surface area contributed by atoms with Crippen molar-refractivity contribution < 1.29 is 14.3 Å². The number of benzene rings is 1. The van der Waals surface area contributed by atoms with E-state index in [0.717, 1.165) is 50.4 Å². The number of hydrogen-bond donors (Lipinski definition) is 1. The van der Waals surface area contributed by atoms with Gasteiger partial charge in [-0.1, -0.05) is 18.5 Å². The third-order valence-corrected chi connectivity index (χ3v) is 7.13. The summed E-state index contributed by atoms with van der Waals surface area (Å²) in [4.78, 5) is 38.4. The van der Waals surface area contributed by atoms with Crippen LogP contribution in [0.5, 0.6) is 5.75 Å². The van der Waals surface area contributed by atoms with E-state index in [0.29, 0.717) is 41.5 Å². The van der Waals surface area contributed by atoms with Crippen molar-refractivity contribution in [1.29, 1.82) is 0 Å². The molecule has 3 aliphatic rings. The molecule has 2 aromatic rings. The topological polar surface area (TPSA) is 87.7 Å². The van der Waals surface area contributed by atoms with Crippen LogP contribution in [0.25, 0.3) is 0 Å². The predicted octanol–water partition coefficient (Wildman–Crippen LogP) is 3.34. The second kappa shape index (κ2) is 9.17. The Hall–Kier alpha value is -2.87. The number of carbonyl (C=O) groups is 2. The summed E-state index contributed by atoms with van der Waals surface area (Å²) >= 11 is 6.42. The minimum absolute atomic E-state index is 0.0332. The molecule has 2 saturated heterocycles. The number of nitrogens with zero attached hydrogens (tertiary/aromatic N) is 4. The highest BCUT2D eigenvalue weighted by Gasteiger charge is 2.38. The molecule has 1 N–H and O–H groups in total. The van der Waals surface area contributed by atoms with Gasteiger partial charge in [-0.15, -0.1) is 0 Å². The van der Waals surface area contributed by atoms with Crippen molar-refractivity contribution >= 4 is 34.9 Å². The zero-order valence-corrected chi connectivity index (χ0v) is 19.5. The zero-order valence-electron chi connectivity index (χ0n) is 18.7. The lowest BCUT2D eigenvalue weighted by molar-refractivity contribution is -0.130. The Balaban J connectivity index is 1.20. The van der Waals surface area contributed by atoms with Crippen LogP contribution >= 0.6 is 11.6 Å². The number of halogens is 1. The predicted molar refractivity (Wildman–Crippen MR) is 126 cm³/mol. The minimum atomic E-state index is -0.331. The molecule has 1 aromatic heterocycles. The molecule has 1 atom stereocenters. The van der Waals surface area contributed by atoms with E-state index in [1.165, 1.54) is 0 Å². The van der Waals surface area contributed by atoms with E-state index in [2.05, 4.69) is 27.1 Å². The van der Waals surface area contributed by atoms with E-state index in [1.54, 1.807) is 12.1 Å². The summed E-state index contributed by atoms with van der Waals surface area (Å²) < 4.78 is 5.63. The van der Waals surface area contributed by atoms with Crippen molar-refractivity contribution in [2.24, 2.45) is 0 Å². The third-order valence-electron chi connectivity index (χ3n) is 6.81. The Labute approximate surface area is 198 Å². The maximum absolute atomic E-state index is 13.2. The van der Waals surface area contributed by atoms with Gasteiger partial charge in [0, 0.05) is 50.6 Å². The highest BCUT2D eigenvalue weighted by Crippen LogP contribution is 2.35. The first-order chi connectivity index (χ1) is 16.0. The molecule has 1 amide bonds. The number of rotatable bonds is 5. The van der Waals surface area contributed by atoms with Crippen LogP contribution in [0.2, 0.25) is 5.02 Å². The average Bonchev–Trinajstić information content (AvgIpc) is 3.20. The van der Waals surface area contributed by atoms with E-state index in [-0.39, 0.29) is 23.8 Å². The molecule has 174 valence electrons. The largest absolute Gasteiger partial charge is 0.492 e. The number of hydrogen-bond acceptors (Lipinski definition) is 7. The molecule has 0 aliphatic carbocycles. The zero-order chi connectivity index (χ0) is 22.9. The first kappa shape index (κ1) is 21.9. The molecular weight excluding hydrogens is 442 g/mol. The third kappa shape index (κ3) is 4.36. The highest BCUT2D eigenvalue weighted by atomic mass is 35.5. The lowest BCUT2D eigenvalue weighted by atomic mass is 10.0. The number of ketones is 1. The van der Waals surface area contributed by atoms with Crippen LogP contribution in [-0.2, 0) is 11.2 Å². The molecule has 2 fully saturated rings. The fourth-order valence-electron chi connectivity index (χ4n) is 4.85. The van der Waals surface area contributed by atoms with E-state index < -0.39 is 0 Å². The van der Waals surface area contributed by atoms with E-state index in [4.69, 9.17) is 16.3 Å². The number of likely N-dealkylation sites (tertiary alicyclic amines) is 1. The first-order valence-corrected chi connectivity index (χ1v) is 12.0. The molecule has 0 spiro atoms. The van der Waals surface area contributed by atoms with Crippen LogP contribution in [0.3, 0.4) is 0 Å². The molecule has 1 aromatic carbocycles. The molecule has 5 rings (SSSR count). The molecule has 0 saturated carbocycles. The van der Waals surface area contributed by atoms with Crippen molar-refractivity contribution in [3.63, 3.8) is 0 Å². The first-order valence-electron chi connectivity index (χ1n) is 11.7. The number of aromatic nitrogens is 2. The molecular formula is C24H28ClN5O3. The Bertz CT molecular complexity index is 1050. The van der Waals surface area contributed by atoms with Gasteiger partial charge < -0.3 is 19.9 Å². The summed E-state index contributed by atoms with van der Waals surface area (Å²) in [5.41, 5.74) is 2.27. The molecule has 33 heavy (non-hydrogen) atoms. The molecule has 8 nitrogen and oxygen atoms in total. The summed E-state index contributed by atoms with van der Waals surface area (Å²) in [6, 6.07) is 3.27. The van der Waals surface area contributed by atoms with Crippen LogP contribution in [0, 0.1) is 0 Å². The normalized spacial score (nSPS) is 21.2. The SMILES string of the molecule is CCc1cnc(N2CCC(N3CCC(Nc4cc5c(cc4Cl)C(=O)CCO5)C3=O)CC2)nc1. The number of piperidine rings is 1. The fraction of sp³-hybridized carbons (Fsp3) is 0.500. The Morgan fingerprint density at radius 2 is 1.88 bits per heavy atom. The van der Waals surface area contributed by atoms with Gasteiger partial charge in [-0.05, 0) is 37.3 Å². The van der Waals surface area contributed by atoms with Crippen molar-refractivity contribution in [2.75, 3.05) is 36.5 Å². The van der Waals surface area contributed by atoms with Gasteiger partial charge in [-0.2, -0.15) is 0 Å². The average molecular weight is 470 g/mol. The molecule has 0 bridgehead atoms. The number of ether oxygens (including phenoxy) is 1. The quantitative estimate of drug-likeness (QED) is 0.718. The van der Waals surface area contributed by atoms with E-state index >= 15 is 0 Å². The summed E-state index contributed by atoms with van der Waals surface area (Å²) in [6.45, 7) is 4.85. The number of carbonyl (C=O) groups excluding carboxylic acids is 2. The Kier molecular flexibility index (Phi) is 6.10. The van der Waals surface area contributed by atoms with Gasteiger partial charge in [0.05, 0.1) is 22.9 Å². The van der Waals surface area contributed by atoms with Gasteiger partial charge in [0.25, 0.3) is 0 Å². The standard InChI is InChI=1S/C24H28ClN5O3/c1-2-15-13-26-24(27-14-15)29-7-3-16(4-8-29)30-9-5-19(23(30)32)28-20-12-22-17(11-18(20)25)21(31)6-10-33-22/h11-14,16,19,28H,2-10H2,1H3. The van der Waals surface area contributed by atoms with Crippen LogP contribution < -0.4 is 15.0 Å². The molecule has 4 heterocycles. The van der Waals surface area contributed by atoms with Crippen molar-refractivity contribution in [2.45, 2.75) is 51.1 Å². The maximum atomic E-state index is 13.2. The molecule has 0 radical (unpaired) electrons. The van der Waals surface area contributed by atoms with Gasteiger partial charge >= 0.3 is 0 Å². The van der Waals surface area contributed by atoms with Crippen molar-refractivity contribution in [3.8, 4) is 5.75 Å². The minimum Gasteiger partial charge on any atom is -0.492 e. The second-order valence-corrected chi connectivity index (χ2v) is 9.24. The number of fused-ring (bicyclic) bond motifs is 1. The lowest BCUT2D eigenvalue weighted by Crippen LogP contribution is -2.47. The number of amides is 1. The van der Waals surface area contributed by atoms with Crippen molar-refractivity contribution in [3.05, 3.63) is 40.7 Å². The Morgan fingerprint density at radius 1 is 1.12 bits per heavy atom. The lowest BCUT2D eigenvalue weighted by Gasteiger charge is -2.36.